The van der Waals surface area contributed by atoms with Gasteiger partial charge in [0, 0.05) is 0 Å². The van der Waals surface area contributed by atoms with E-state index in [1.54, 1.807) is 0 Å². The van der Waals surface area contributed by atoms with Crippen LogP contribution in [0.3, 0.4) is 0 Å². The van der Waals surface area contributed by atoms with Crippen LogP contribution in [0.1, 0.15) is 0 Å². The lowest BCUT2D eigenvalue weighted by molar-refractivity contribution is 0.378. The Hall–Kier alpha value is -0.100. The first-order valence-corrected chi connectivity index (χ1v) is 6.29. The van der Waals surface area contributed by atoms with Crippen LogP contribution in [0.15, 0.2) is 0 Å². The van der Waals surface area contributed by atoms with E-state index in [0.29, 0.717) is 0 Å². The molecule has 6 N–H and O–H groups in total. The van der Waals surface area contributed by atoms with Gasteiger partial charge in [-0.1, -0.05) is 0 Å². The fourth-order valence-corrected chi connectivity index (χ4v) is 0. The Balaban J connectivity index is -0.0000000655. The number of halogens is 1. The highest BCUT2D eigenvalue weighted by molar-refractivity contribution is 7.80. The summed E-state index contributed by atoms with van der Waals surface area (Å²) in [7, 11) is -14.0. The van der Waals surface area contributed by atoms with E-state index in [4.69, 9.17) is 52.6 Å². The smallest absolute Gasteiger partial charge is 0.264 e. The average Bonchev–Trinajstić information content (AvgIpc) is 1.41. The molecule has 0 aromatic carbocycles. The first-order chi connectivity index (χ1) is 6.00. The van der Waals surface area contributed by atoms with Gasteiger partial charge in [-0.15, -0.1) is 12.4 Å². The zero-order valence-electron chi connectivity index (χ0n) is 6.77. The van der Waals surface area contributed by atoms with Crippen LogP contribution in [0.25, 0.3) is 0 Å². The molecule has 104 valence electrons. The van der Waals surface area contributed by atoms with Gasteiger partial charge >= 0.3 is 31.2 Å². The normalized spacial score (nSPS) is 10.9. The van der Waals surface area contributed by atoms with Gasteiger partial charge in [0.1, 0.15) is 0 Å². The van der Waals surface area contributed by atoms with Gasteiger partial charge in [-0.2, -0.15) is 25.3 Å². The van der Waals surface area contributed by atoms with Crippen molar-refractivity contribution in [3.63, 3.8) is 0 Å². The number of rotatable bonds is 0. The molecular weight excluding hydrogens is 324 g/mol. The summed E-state index contributed by atoms with van der Waals surface area (Å²) in [5, 5.41) is 0. The van der Waals surface area contributed by atoms with Gasteiger partial charge in [0.05, 0.1) is 0 Å². The molecule has 0 aliphatic heterocycles. The van der Waals surface area contributed by atoms with E-state index in [2.05, 4.69) is 0 Å². The predicted molar refractivity (Wildman–Crippen MR) is 49.8 cm³/mol. The Labute approximate surface area is 96.4 Å². The summed E-state index contributed by atoms with van der Waals surface area (Å²) < 4.78 is 94.8. The van der Waals surface area contributed by atoms with E-state index < -0.39 is 31.2 Å². The minimum Gasteiger partial charge on any atom is -0.264 e. The second-order valence-corrected chi connectivity index (χ2v) is 4.03. The standard InChI is InChI=1S/ClH.3H2O4S/c;3*1-5(2,3)4/h1H;3*(H2,1,2,3,4). The maximum atomic E-state index is 8.74. The van der Waals surface area contributed by atoms with Crippen molar-refractivity contribution in [3.05, 3.63) is 0 Å². The van der Waals surface area contributed by atoms with Crippen molar-refractivity contribution in [3.8, 4) is 0 Å². The van der Waals surface area contributed by atoms with Gasteiger partial charge in [0.2, 0.25) is 0 Å². The van der Waals surface area contributed by atoms with Crippen LogP contribution in [0.5, 0.6) is 0 Å². The molecule has 0 spiro atoms. The molecule has 16 heteroatoms. The molecule has 0 bridgehead atoms. The third-order valence-electron chi connectivity index (χ3n) is 0. The minimum absolute atomic E-state index is 0. The molecule has 16 heavy (non-hydrogen) atoms. The molecule has 0 heterocycles. The second kappa shape index (κ2) is 8.98. The van der Waals surface area contributed by atoms with Crippen molar-refractivity contribution in [2.45, 2.75) is 0 Å². The van der Waals surface area contributed by atoms with Crippen molar-refractivity contribution < 1.29 is 52.6 Å². The van der Waals surface area contributed by atoms with Crippen LogP contribution in [0.4, 0.5) is 0 Å². The summed E-state index contributed by atoms with van der Waals surface area (Å²) >= 11 is 0. The zero-order valence-corrected chi connectivity index (χ0v) is 10.0. The highest BCUT2D eigenvalue weighted by Crippen LogP contribution is 1.60. The van der Waals surface area contributed by atoms with Gasteiger partial charge in [0.25, 0.3) is 0 Å². The third kappa shape index (κ3) is 231000. The lowest BCUT2D eigenvalue weighted by Crippen LogP contribution is -1.89. The van der Waals surface area contributed by atoms with Crippen molar-refractivity contribution in [1.29, 1.82) is 0 Å². The van der Waals surface area contributed by atoms with E-state index in [1.165, 1.54) is 0 Å². The molecular formula is H7ClO12S3. The average molecular weight is 331 g/mol. The largest absolute Gasteiger partial charge is 0.394 e. The molecule has 0 aliphatic rings. The van der Waals surface area contributed by atoms with Crippen molar-refractivity contribution in [2.75, 3.05) is 0 Å². The first kappa shape index (κ1) is 24.9. The summed E-state index contributed by atoms with van der Waals surface area (Å²) in [6.07, 6.45) is 0. The van der Waals surface area contributed by atoms with Gasteiger partial charge in [0.15, 0.2) is 0 Å². The highest BCUT2D eigenvalue weighted by Gasteiger charge is 1.85. The second-order valence-electron chi connectivity index (χ2n) is 1.34. The van der Waals surface area contributed by atoms with Crippen molar-refractivity contribution in [1.82, 2.24) is 0 Å². The minimum atomic E-state index is -4.67. The summed E-state index contributed by atoms with van der Waals surface area (Å²) in [5.74, 6) is 0. The summed E-state index contributed by atoms with van der Waals surface area (Å²) in [6, 6.07) is 0. The predicted octanol–water partition coefficient (Wildman–Crippen LogP) is -1.54. The van der Waals surface area contributed by atoms with E-state index in [-0.39, 0.29) is 12.4 Å². The molecule has 0 saturated heterocycles. The number of hydrogen-bond donors (Lipinski definition) is 6. The van der Waals surface area contributed by atoms with Crippen LogP contribution >= 0.6 is 12.4 Å². The Morgan fingerprint density at radius 3 is 0.438 bits per heavy atom. The molecule has 0 aliphatic carbocycles. The van der Waals surface area contributed by atoms with E-state index in [0.717, 1.165) is 0 Å². The Morgan fingerprint density at radius 2 is 0.438 bits per heavy atom. The Morgan fingerprint density at radius 1 is 0.438 bits per heavy atom. The maximum Gasteiger partial charge on any atom is 0.394 e. The maximum absolute atomic E-state index is 8.74. The van der Waals surface area contributed by atoms with Gasteiger partial charge in [-0.05, 0) is 0 Å². The fraction of sp³-hybridized carbons (Fsp3) is 0. The van der Waals surface area contributed by atoms with Crippen molar-refractivity contribution >= 4 is 43.6 Å². The molecule has 0 atom stereocenters. The first-order valence-electron chi connectivity index (χ1n) is 2.10. The topological polar surface area (TPSA) is 224 Å². The fourth-order valence-electron chi connectivity index (χ4n) is 0. The summed E-state index contributed by atoms with van der Waals surface area (Å²) in [6.45, 7) is 0. The van der Waals surface area contributed by atoms with E-state index in [1.807, 2.05) is 0 Å². The molecule has 0 radical (unpaired) electrons. The SMILES string of the molecule is Cl.O=S(=O)(O)O.O=S(=O)(O)O.O=S(=O)(O)O. The molecule has 0 aromatic rings. The monoisotopic (exact) mass is 330 g/mol. The molecule has 0 fully saturated rings. The lowest BCUT2D eigenvalue weighted by Gasteiger charge is -1.68. The molecule has 0 aromatic heterocycles. The summed E-state index contributed by atoms with van der Waals surface area (Å²) in [4.78, 5) is 0. The summed E-state index contributed by atoms with van der Waals surface area (Å²) in [5.41, 5.74) is 0. The molecule has 0 amide bonds. The molecule has 0 saturated carbocycles. The molecule has 0 unspecified atom stereocenters. The quantitative estimate of drug-likeness (QED) is 0.278. The van der Waals surface area contributed by atoms with E-state index >= 15 is 0 Å². The lowest BCUT2D eigenvalue weighted by atomic mass is 15.8. The van der Waals surface area contributed by atoms with Crippen LogP contribution in [-0.4, -0.2) is 52.6 Å². The van der Waals surface area contributed by atoms with Gasteiger partial charge in [-0.25, -0.2) is 0 Å². The molecule has 0 rings (SSSR count). The van der Waals surface area contributed by atoms with Gasteiger partial charge in [-0.3, -0.25) is 27.3 Å². The van der Waals surface area contributed by atoms with Crippen LogP contribution < -0.4 is 0 Å². The van der Waals surface area contributed by atoms with Crippen LogP contribution in [-0.2, 0) is 31.2 Å². The third-order valence-corrected chi connectivity index (χ3v) is 0. The number of hydrogen-bond acceptors (Lipinski definition) is 6. The molecule has 12 nitrogen and oxygen atoms in total. The van der Waals surface area contributed by atoms with Crippen molar-refractivity contribution in [2.24, 2.45) is 0 Å². The Bertz CT molecular complexity index is 337. The highest BCUT2D eigenvalue weighted by atomic mass is 35.5. The van der Waals surface area contributed by atoms with Crippen LogP contribution in [0, 0.1) is 0 Å². The Kier molecular flexibility index (Phi) is 14.0. The van der Waals surface area contributed by atoms with Gasteiger partial charge < -0.3 is 0 Å². The zero-order chi connectivity index (χ0) is 13.5. The van der Waals surface area contributed by atoms with Crippen LogP contribution in [0.2, 0.25) is 0 Å². The van der Waals surface area contributed by atoms with E-state index in [9.17, 15) is 0 Å².